The third-order valence-electron chi connectivity index (χ3n) is 5.81. The predicted molar refractivity (Wildman–Crippen MR) is 118 cm³/mol. The van der Waals surface area contributed by atoms with Gasteiger partial charge in [0.15, 0.2) is 0 Å². The van der Waals surface area contributed by atoms with Crippen molar-refractivity contribution in [1.82, 2.24) is 0 Å². The summed E-state index contributed by atoms with van der Waals surface area (Å²) in [7, 11) is 0. The minimum absolute atomic E-state index is 0.0399. The minimum Gasteiger partial charge on any atom is -0.508 e. The van der Waals surface area contributed by atoms with Gasteiger partial charge in [0.2, 0.25) is 0 Å². The summed E-state index contributed by atoms with van der Waals surface area (Å²) < 4.78 is 5.80. The number of phenols is 1. The van der Waals surface area contributed by atoms with Gasteiger partial charge in [0.05, 0.1) is 13.2 Å². The van der Waals surface area contributed by atoms with Crippen molar-refractivity contribution in [3.63, 3.8) is 0 Å². The molecule has 4 nitrogen and oxygen atoms in total. The van der Waals surface area contributed by atoms with Crippen molar-refractivity contribution >= 4 is 0 Å². The summed E-state index contributed by atoms with van der Waals surface area (Å²) in [6.07, 6.45) is 9.47. The Bertz CT molecular complexity index is 541. The van der Waals surface area contributed by atoms with Crippen LogP contribution >= 0.6 is 0 Å². The zero-order valence-electron chi connectivity index (χ0n) is 18.5. The van der Waals surface area contributed by atoms with Gasteiger partial charge in [-0.2, -0.15) is 0 Å². The molecule has 0 aliphatic heterocycles. The fraction of sp³-hybridized carbons (Fsp3) is 0.750. The Labute approximate surface area is 172 Å². The number of phenolic OH excluding ortho intramolecular Hbond substituents is 1. The molecule has 1 rings (SSSR count). The van der Waals surface area contributed by atoms with Gasteiger partial charge in [-0.1, -0.05) is 59.4 Å². The fourth-order valence-corrected chi connectivity index (χ4v) is 3.40. The summed E-state index contributed by atoms with van der Waals surface area (Å²) in [4.78, 5) is 0. The van der Waals surface area contributed by atoms with Crippen LogP contribution in [0.1, 0.15) is 84.6 Å². The highest BCUT2D eigenvalue weighted by Crippen LogP contribution is 2.27. The Morgan fingerprint density at radius 3 is 2.39 bits per heavy atom. The van der Waals surface area contributed by atoms with Crippen LogP contribution in [0.5, 0.6) is 11.5 Å². The smallest absolute Gasteiger partial charge is 0.122 e. The van der Waals surface area contributed by atoms with E-state index in [0.717, 1.165) is 23.8 Å². The van der Waals surface area contributed by atoms with Crippen molar-refractivity contribution in [3.8, 4) is 11.5 Å². The average Bonchev–Trinajstić information content (AvgIpc) is 2.66. The number of aryl methyl sites for hydroxylation is 1. The normalized spacial score (nSPS) is 14.8. The summed E-state index contributed by atoms with van der Waals surface area (Å²) in [5.41, 5.74) is 6.39. The van der Waals surface area contributed by atoms with Crippen molar-refractivity contribution < 1.29 is 14.9 Å². The van der Waals surface area contributed by atoms with Gasteiger partial charge in [0.25, 0.3) is 0 Å². The van der Waals surface area contributed by atoms with Crippen LogP contribution in [-0.2, 0) is 6.42 Å². The second-order valence-corrected chi connectivity index (χ2v) is 8.94. The summed E-state index contributed by atoms with van der Waals surface area (Å²) in [6.45, 7) is 9.55. The van der Waals surface area contributed by atoms with Gasteiger partial charge in [0.1, 0.15) is 11.5 Å². The number of aliphatic hydroxyl groups excluding tert-OH is 1. The molecule has 2 atom stereocenters. The molecule has 4 heteroatoms. The highest BCUT2D eigenvalue weighted by atomic mass is 16.5. The first kappa shape index (κ1) is 24.8. The summed E-state index contributed by atoms with van der Waals surface area (Å²) in [6, 6.07) is 5.49. The third kappa shape index (κ3) is 9.79. The third-order valence-corrected chi connectivity index (χ3v) is 5.81. The first-order valence-corrected chi connectivity index (χ1v) is 11.1. The van der Waals surface area contributed by atoms with Gasteiger partial charge in [-0.15, -0.1) is 0 Å². The maximum atomic E-state index is 10.2. The van der Waals surface area contributed by atoms with E-state index in [9.17, 15) is 10.2 Å². The summed E-state index contributed by atoms with van der Waals surface area (Å²) >= 11 is 0. The van der Waals surface area contributed by atoms with E-state index in [-0.39, 0.29) is 12.4 Å². The quantitative estimate of drug-likeness (QED) is 0.347. The lowest BCUT2D eigenvalue weighted by Gasteiger charge is -2.25. The molecule has 0 aromatic heterocycles. The topological polar surface area (TPSA) is 75.7 Å². The molecule has 0 saturated heterocycles. The number of aliphatic hydroxyl groups is 1. The Balaban J connectivity index is 2.28. The van der Waals surface area contributed by atoms with Crippen LogP contribution in [0, 0.1) is 11.8 Å². The maximum Gasteiger partial charge on any atom is 0.122 e. The van der Waals surface area contributed by atoms with Crippen LogP contribution in [0.15, 0.2) is 18.2 Å². The molecule has 0 spiro atoms. The number of unbranched alkanes of at least 4 members (excludes halogenated alkanes) is 1. The van der Waals surface area contributed by atoms with E-state index in [1.165, 1.54) is 32.1 Å². The number of aromatic hydroxyl groups is 1. The summed E-state index contributed by atoms with van der Waals surface area (Å²) in [5, 5.41) is 19.7. The molecule has 4 N–H and O–H groups in total. The molecule has 0 radical (unpaired) electrons. The van der Waals surface area contributed by atoms with Crippen molar-refractivity contribution in [2.45, 2.75) is 91.0 Å². The SMILES string of the molecule is CC[C@@](N)(CO)CCc1ccc(OCCCCC(C)CCCC(C)C)cc1O. The van der Waals surface area contributed by atoms with Crippen LogP contribution in [0.4, 0.5) is 0 Å². The molecular weight excluding hydrogens is 350 g/mol. The van der Waals surface area contributed by atoms with Crippen molar-refractivity contribution in [1.29, 1.82) is 0 Å². The van der Waals surface area contributed by atoms with E-state index >= 15 is 0 Å². The largest absolute Gasteiger partial charge is 0.508 e. The molecule has 0 heterocycles. The molecule has 0 bridgehead atoms. The number of hydrogen-bond donors (Lipinski definition) is 3. The van der Waals surface area contributed by atoms with Crippen LogP contribution in [-0.4, -0.2) is 29.0 Å². The van der Waals surface area contributed by atoms with Crippen LogP contribution in [0.3, 0.4) is 0 Å². The van der Waals surface area contributed by atoms with Crippen molar-refractivity contribution in [3.05, 3.63) is 23.8 Å². The van der Waals surface area contributed by atoms with Crippen molar-refractivity contribution in [2.24, 2.45) is 17.6 Å². The second-order valence-electron chi connectivity index (χ2n) is 8.94. The maximum absolute atomic E-state index is 10.2. The highest BCUT2D eigenvalue weighted by Gasteiger charge is 2.21. The molecule has 1 aromatic rings. The lowest BCUT2D eigenvalue weighted by atomic mass is 9.90. The second kappa shape index (κ2) is 13.1. The van der Waals surface area contributed by atoms with E-state index in [4.69, 9.17) is 10.5 Å². The van der Waals surface area contributed by atoms with Gasteiger partial charge in [-0.3, -0.25) is 0 Å². The molecule has 1 aromatic carbocycles. The summed E-state index contributed by atoms with van der Waals surface area (Å²) in [5.74, 6) is 2.55. The zero-order valence-corrected chi connectivity index (χ0v) is 18.5. The molecule has 0 saturated carbocycles. The van der Waals surface area contributed by atoms with Gasteiger partial charge in [-0.25, -0.2) is 0 Å². The molecular formula is C24H43NO3. The monoisotopic (exact) mass is 393 g/mol. The van der Waals surface area contributed by atoms with E-state index in [2.05, 4.69) is 20.8 Å². The highest BCUT2D eigenvalue weighted by molar-refractivity contribution is 5.39. The Hall–Kier alpha value is -1.26. The first-order valence-electron chi connectivity index (χ1n) is 11.1. The molecule has 0 aliphatic rings. The van der Waals surface area contributed by atoms with Gasteiger partial charge in [0, 0.05) is 11.6 Å². The van der Waals surface area contributed by atoms with Gasteiger partial charge in [-0.05, 0) is 55.6 Å². The molecule has 0 amide bonds. The van der Waals surface area contributed by atoms with Crippen LogP contribution in [0.25, 0.3) is 0 Å². The molecule has 1 unspecified atom stereocenters. The van der Waals surface area contributed by atoms with E-state index < -0.39 is 5.54 Å². The lowest BCUT2D eigenvalue weighted by molar-refractivity contribution is 0.182. The number of benzene rings is 1. The van der Waals surface area contributed by atoms with Crippen LogP contribution in [0.2, 0.25) is 0 Å². The van der Waals surface area contributed by atoms with Gasteiger partial charge < -0.3 is 20.7 Å². The standard InChI is InChI=1S/C24H43NO3/c1-5-24(25,18-26)15-14-21-12-13-22(17-23(21)27)28-16-7-6-10-20(4)11-8-9-19(2)3/h12-13,17,19-20,26-27H,5-11,14-16,18,25H2,1-4H3/t20?,24-/m0/s1. The van der Waals surface area contributed by atoms with Crippen molar-refractivity contribution in [2.75, 3.05) is 13.2 Å². The van der Waals surface area contributed by atoms with E-state index in [1.54, 1.807) is 6.07 Å². The fourth-order valence-electron chi connectivity index (χ4n) is 3.40. The minimum atomic E-state index is -0.576. The molecule has 162 valence electrons. The average molecular weight is 394 g/mol. The number of rotatable bonds is 15. The van der Waals surface area contributed by atoms with Gasteiger partial charge >= 0.3 is 0 Å². The Morgan fingerprint density at radius 2 is 1.79 bits per heavy atom. The Morgan fingerprint density at radius 1 is 1.07 bits per heavy atom. The molecule has 28 heavy (non-hydrogen) atoms. The number of nitrogens with two attached hydrogens (primary N) is 1. The van der Waals surface area contributed by atoms with E-state index in [1.807, 2.05) is 19.1 Å². The zero-order chi connectivity index (χ0) is 21.0. The predicted octanol–water partition coefficient (Wildman–Crippen LogP) is 5.44. The number of ether oxygens (including phenoxy) is 1. The van der Waals surface area contributed by atoms with E-state index in [0.29, 0.717) is 31.6 Å². The number of hydrogen-bond acceptors (Lipinski definition) is 4. The van der Waals surface area contributed by atoms with Crippen LogP contribution < -0.4 is 10.5 Å². The first-order chi connectivity index (χ1) is 13.3. The lowest BCUT2D eigenvalue weighted by Crippen LogP contribution is -2.43. The Kier molecular flexibility index (Phi) is 11.6. The molecule has 0 fully saturated rings. The molecule has 0 aliphatic carbocycles.